The fraction of sp³-hybridized carbons (Fsp3) is 0.417. The van der Waals surface area contributed by atoms with Gasteiger partial charge in [0.05, 0.1) is 5.92 Å². The van der Waals surface area contributed by atoms with Crippen LogP contribution in [0.4, 0.5) is 0 Å². The molecule has 0 aromatic heterocycles. The lowest BCUT2D eigenvalue weighted by atomic mass is 9.84. The Morgan fingerprint density at radius 1 is 1.60 bits per heavy atom. The van der Waals surface area contributed by atoms with Crippen LogP contribution in [-0.2, 0) is 4.79 Å². The van der Waals surface area contributed by atoms with Crippen LogP contribution in [-0.4, -0.2) is 12.5 Å². The van der Waals surface area contributed by atoms with Gasteiger partial charge >= 0.3 is 0 Å². The molecule has 0 spiro atoms. The third-order valence-electron chi connectivity index (χ3n) is 2.78. The average Bonchev–Trinajstić information content (AvgIpc) is 2.48. The van der Waals surface area contributed by atoms with Crippen LogP contribution in [0.5, 0.6) is 0 Å². The molecule has 82 valence electrons. The van der Waals surface area contributed by atoms with Gasteiger partial charge in [-0.2, -0.15) is 0 Å². The molecule has 1 aliphatic heterocycles. The number of allylic oxidation sites excluding steroid dienone is 2. The van der Waals surface area contributed by atoms with Crippen LogP contribution in [0.15, 0.2) is 36.1 Å². The van der Waals surface area contributed by atoms with Crippen LogP contribution in [0.3, 0.4) is 0 Å². The molecule has 15 heavy (non-hydrogen) atoms. The number of amides is 1. The van der Waals surface area contributed by atoms with E-state index >= 15 is 0 Å². The van der Waals surface area contributed by atoms with Gasteiger partial charge < -0.3 is 11.1 Å². The Kier molecular flexibility index (Phi) is 3.35. The molecule has 0 radical (unpaired) electrons. The van der Waals surface area contributed by atoms with Crippen molar-refractivity contribution in [3.63, 3.8) is 0 Å². The molecule has 1 rings (SSSR count). The van der Waals surface area contributed by atoms with Crippen molar-refractivity contribution in [2.45, 2.75) is 13.8 Å². The third kappa shape index (κ3) is 2.12. The minimum absolute atomic E-state index is 0.0342. The number of nitrogens with one attached hydrogen (secondary N) is 1. The molecule has 1 heterocycles. The Morgan fingerprint density at radius 2 is 2.20 bits per heavy atom. The standard InChI is InChI=1S/C12H18N2O/c1-5-9(7(2)3)10-6-14-12(15)11(10)8(4)13/h5,10-11H,1,4,6,13H2,2-3H3,(H,14,15)/t10-,11-/m1/s1. The summed E-state index contributed by atoms with van der Waals surface area (Å²) in [7, 11) is 0. The number of carbonyl (C=O) groups excluding carboxylic acids is 1. The van der Waals surface area contributed by atoms with Crippen molar-refractivity contribution >= 4 is 5.91 Å². The number of nitrogens with two attached hydrogens (primary N) is 1. The first-order chi connectivity index (χ1) is 6.99. The predicted octanol–water partition coefficient (Wildman–Crippen LogP) is 1.34. The van der Waals surface area contributed by atoms with E-state index in [4.69, 9.17) is 5.73 Å². The fourth-order valence-corrected chi connectivity index (χ4v) is 2.06. The number of carbonyl (C=O) groups is 1. The highest BCUT2D eigenvalue weighted by atomic mass is 16.2. The van der Waals surface area contributed by atoms with Crippen LogP contribution < -0.4 is 11.1 Å². The molecule has 0 aliphatic carbocycles. The number of hydrogen-bond donors (Lipinski definition) is 2. The number of hydrogen-bond acceptors (Lipinski definition) is 2. The van der Waals surface area contributed by atoms with Crippen LogP contribution >= 0.6 is 0 Å². The van der Waals surface area contributed by atoms with Gasteiger partial charge in [-0.1, -0.05) is 24.8 Å². The molecule has 1 fully saturated rings. The van der Waals surface area contributed by atoms with Gasteiger partial charge in [-0.25, -0.2) is 0 Å². The summed E-state index contributed by atoms with van der Waals surface area (Å²) in [5.41, 5.74) is 8.34. The van der Waals surface area contributed by atoms with E-state index in [1.54, 1.807) is 6.08 Å². The Hall–Kier alpha value is -1.51. The highest BCUT2D eigenvalue weighted by Gasteiger charge is 2.37. The maximum absolute atomic E-state index is 11.6. The van der Waals surface area contributed by atoms with Crippen LogP contribution in [0.2, 0.25) is 0 Å². The van der Waals surface area contributed by atoms with Crippen molar-refractivity contribution in [2.24, 2.45) is 17.6 Å². The zero-order valence-electron chi connectivity index (χ0n) is 9.34. The molecule has 0 saturated carbocycles. The Morgan fingerprint density at radius 3 is 2.60 bits per heavy atom. The lowest BCUT2D eigenvalue weighted by Crippen LogP contribution is -2.25. The molecule has 3 N–H and O–H groups in total. The van der Waals surface area contributed by atoms with Crippen molar-refractivity contribution in [3.8, 4) is 0 Å². The first-order valence-corrected chi connectivity index (χ1v) is 5.00. The van der Waals surface area contributed by atoms with E-state index in [1.807, 2.05) is 13.8 Å². The van der Waals surface area contributed by atoms with Gasteiger partial charge in [0, 0.05) is 18.2 Å². The molecule has 0 unspecified atom stereocenters. The maximum atomic E-state index is 11.6. The molecule has 0 bridgehead atoms. The lowest BCUT2D eigenvalue weighted by Gasteiger charge is -2.19. The van der Waals surface area contributed by atoms with Crippen LogP contribution in [0.25, 0.3) is 0 Å². The summed E-state index contributed by atoms with van der Waals surface area (Å²) in [6.07, 6.45) is 1.80. The summed E-state index contributed by atoms with van der Waals surface area (Å²) in [6.45, 7) is 12.1. The molecule has 3 nitrogen and oxygen atoms in total. The van der Waals surface area contributed by atoms with Gasteiger partial charge in [0.2, 0.25) is 5.91 Å². The van der Waals surface area contributed by atoms with E-state index in [0.717, 1.165) is 11.1 Å². The monoisotopic (exact) mass is 206 g/mol. The largest absolute Gasteiger partial charge is 0.402 e. The van der Waals surface area contributed by atoms with E-state index in [0.29, 0.717) is 12.2 Å². The summed E-state index contributed by atoms with van der Waals surface area (Å²) in [6, 6.07) is 0. The molecular weight excluding hydrogens is 188 g/mol. The van der Waals surface area contributed by atoms with E-state index in [9.17, 15) is 4.79 Å². The molecule has 1 aliphatic rings. The topological polar surface area (TPSA) is 55.1 Å². The zero-order chi connectivity index (χ0) is 11.6. The first kappa shape index (κ1) is 11.6. The van der Waals surface area contributed by atoms with E-state index in [1.165, 1.54) is 0 Å². The molecular formula is C12H18N2O. The lowest BCUT2D eigenvalue weighted by molar-refractivity contribution is -0.121. The van der Waals surface area contributed by atoms with E-state index in [2.05, 4.69) is 18.5 Å². The zero-order valence-corrected chi connectivity index (χ0v) is 9.34. The summed E-state index contributed by atoms with van der Waals surface area (Å²) in [5, 5.41) is 2.81. The SMILES string of the molecule is C=CC(=C(C)C)[C@H]1CNC(=O)[C@@H]1C(=C)N. The van der Waals surface area contributed by atoms with Crippen molar-refractivity contribution in [2.75, 3.05) is 6.54 Å². The van der Waals surface area contributed by atoms with Gasteiger partial charge in [0.25, 0.3) is 0 Å². The highest BCUT2D eigenvalue weighted by molar-refractivity contribution is 5.84. The van der Waals surface area contributed by atoms with Gasteiger partial charge in [0.15, 0.2) is 0 Å². The minimum atomic E-state index is -0.312. The second kappa shape index (κ2) is 4.34. The summed E-state index contributed by atoms with van der Waals surface area (Å²) in [4.78, 5) is 11.6. The summed E-state index contributed by atoms with van der Waals surface area (Å²) < 4.78 is 0. The normalized spacial score (nSPS) is 24.5. The second-order valence-electron chi connectivity index (χ2n) is 4.06. The Bertz CT molecular complexity index is 338. The van der Waals surface area contributed by atoms with Gasteiger partial charge in [-0.05, 0) is 19.4 Å². The smallest absolute Gasteiger partial charge is 0.229 e. The third-order valence-corrected chi connectivity index (χ3v) is 2.78. The molecule has 1 amide bonds. The predicted molar refractivity (Wildman–Crippen MR) is 61.9 cm³/mol. The van der Waals surface area contributed by atoms with E-state index in [-0.39, 0.29) is 17.7 Å². The van der Waals surface area contributed by atoms with Crippen molar-refractivity contribution in [1.82, 2.24) is 5.32 Å². The Labute approximate surface area is 90.7 Å². The molecule has 0 aromatic rings. The second-order valence-corrected chi connectivity index (χ2v) is 4.06. The summed E-state index contributed by atoms with van der Waals surface area (Å²) >= 11 is 0. The number of rotatable bonds is 3. The van der Waals surface area contributed by atoms with Crippen LogP contribution in [0, 0.1) is 11.8 Å². The van der Waals surface area contributed by atoms with Gasteiger partial charge in [-0.15, -0.1) is 0 Å². The first-order valence-electron chi connectivity index (χ1n) is 5.00. The van der Waals surface area contributed by atoms with Gasteiger partial charge in [-0.3, -0.25) is 4.79 Å². The molecule has 1 saturated heterocycles. The van der Waals surface area contributed by atoms with Crippen molar-refractivity contribution in [1.29, 1.82) is 0 Å². The van der Waals surface area contributed by atoms with Gasteiger partial charge in [0.1, 0.15) is 0 Å². The Balaban J connectivity index is 3.05. The van der Waals surface area contributed by atoms with Crippen molar-refractivity contribution < 1.29 is 4.79 Å². The molecule has 0 aromatic carbocycles. The minimum Gasteiger partial charge on any atom is -0.402 e. The maximum Gasteiger partial charge on any atom is 0.229 e. The van der Waals surface area contributed by atoms with Crippen LogP contribution in [0.1, 0.15) is 13.8 Å². The highest BCUT2D eigenvalue weighted by Crippen LogP contribution is 2.30. The summed E-state index contributed by atoms with van der Waals surface area (Å²) in [5.74, 6) is -0.265. The quantitative estimate of drug-likeness (QED) is 0.685. The fourth-order valence-electron chi connectivity index (χ4n) is 2.06. The molecule has 2 atom stereocenters. The molecule has 3 heteroatoms. The van der Waals surface area contributed by atoms with Crippen molar-refractivity contribution in [3.05, 3.63) is 36.1 Å². The average molecular weight is 206 g/mol. The van der Waals surface area contributed by atoms with E-state index < -0.39 is 0 Å².